The lowest BCUT2D eigenvalue weighted by atomic mass is 10.0. The molecule has 2 N–H and O–H groups in total. The molecule has 0 bridgehead atoms. The summed E-state index contributed by atoms with van der Waals surface area (Å²) in [5, 5.41) is 7.42. The van der Waals surface area contributed by atoms with Crippen LogP contribution < -0.4 is 11.0 Å². The van der Waals surface area contributed by atoms with Gasteiger partial charge in [0.25, 0.3) is 11.5 Å². The lowest BCUT2D eigenvalue weighted by Crippen LogP contribution is -2.25. The summed E-state index contributed by atoms with van der Waals surface area (Å²) in [7, 11) is 0. The van der Waals surface area contributed by atoms with E-state index in [9.17, 15) is 9.59 Å². The maximum atomic E-state index is 13.2. The van der Waals surface area contributed by atoms with E-state index in [1.807, 2.05) is 60.7 Å². The summed E-state index contributed by atoms with van der Waals surface area (Å²) in [6.45, 7) is 1.80. The maximum Gasteiger partial charge on any atom is 0.281 e. The minimum absolute atomic E-state index is 0.253. The number of aromatic nitrogens is 3. The number of nitrogens with zero attached hydrogens (tertiary/aromatic N) is 3. The monoisotopic (exact) mass is 397 g/mol. The number of carbonyl (C=O) groups excluding carboxylic acids is 1. The van der Waals surface area contributed by atoms with Crippen molar-refractivity contribution in [3.8, 4) is 5.69 Å². The Morgan fingerprint density at radius 1 is 0.967 bits per heavy atom. The number of carbonyl (C=O) groups is 1. The first-order chi connectivity index (χ1) is 14.6. The molecule has 0 saturated carbocycles. The van der Waals surface area contributed by atoms with Crippen LogP contribution in [-0.2, 0) is 0 Å². The molecule has 2 aromatic carbocycles. The van der Waals surface area contributed by atoms with E-state index in [1.54, 1.807) is 25.3 Å². The molecule has 30 heavy (non-hydrogen) atoms. The van der Waals surface area contributed by atoms with Crippen LogP contribution in [0.3, 0.4) is 0 Å². The van der Waals surface area contributed by atoms with Gasteiger partial charge in [-0.15, -0.1) is 0 Å². The van der Waals surface area contributed by atoms with Crippen molar-refractivity contribution in [2.75, 3.05) is 0 Å². The van der Waals surface area contributed by atoms with Crippen LogP contribution in [-0.4, -0.2) is 26.4 Å². The average molecular weight is 397 g/mol. The van der Waals surface area contributed by atoms with E-state index in [1.165, 1.54) is 10.9 Å². The van der Waals surface area contributed by atoms with E-state index in [0.717, 1.165) is 0 Å². The summed E-state index contributed by atoms with van der Waals surface area (Å²) in [4.78, 5) is 29.7. The highest BCUT2D eigenvalue weighted by atomic mass is 16.2. The zero-order valence-electron chi connectivity index (χ0n) is 16.2. The van der Waals surface area contributed by atoms with Gasteiger partial charge in [-0.05, 0) is 31.2 Å². The first-order valence-corrected chi connectivity index (χ1v) is 9.36. The minimum Gasteiger partial charge on any atom is -0.295 e. The van der Waals surface area contributed by atoms with E-state index in [2.05, 4.69) is 20.6 Å². The molecule has 0 aliphatic rings. The van der Waals surface area contributed by atoms with Crippen LogP contribution in [0.1, 0.15) is 27.2 Å². The van der Waals surface area contributed by atoms with Crippen LogP contribution in [0.25, 0.3) is 5.69 Å². The second-order valence-corrected chi connectivity index (χ2v) is 6.60. The Balaban J connectivity index is 1.79. The van der Waals surface area contributed by atoms with Gasteiger partial charge in [-0.1, -0.05) is 48.5 Å². The van der Waals surface area contributed by atoms with Crippen molar-refractivity contribution in [2.24, 2.45) is 5.10 Å². The Labute approximate surface area is 172 Å². The number of nitrogens with one attached hydrogen (secondary N) is 2. The van der Waals surface area contributed by atoms with Gasteiger partial charge in [0, 0.05) is 23.7 Å². The minimum atomic E-state index is -0.409. The third-order valence-electron chi connectivity index (χ3n) is 4.56. The second kappa shape index (κ2) is 8.40. The summed E-state index contributed by atoms with van der Waals surface area (Å²) in [6.07, 6.45) is 3.04. The van der Waals surface area contributed by atoms with Crippen molar-refractivity contribution in [3.05, 3.63) is 118 Å². The first-order valence-electron chi connectivity index (χ1n) is 9.36. The van der Waals surface area contributed by atoms with E-state index in [-0.39, 0.29) is 5.56 Å². The summed E-state index contributed by atoms with van der Waals surface area (Å²) in [5.41, 5.74) is 5.50. The third-order valence-corrected chi connectivity index (χ3v) is 4.56. The fraction of sp³-hybridized carbons (Fsp3) is 0.0435. The van der Waals surface area contributed by atoms with Crippen molar-refractivity contribution >= 4 is 11.6 Å². The molecule has 2 aromatic heterocycles. The van der Waals surface area contributed by atoms with E-state index in [0.29, 0.717) is 33.8 Å². The Morgan fingerprint density at radius 3 is 2.30 bits per heavy atom. The SMILES string of the molecule is Cc1[nH]n(-c2ccccc2)c(=O)c1/C(=N/NC(=O)c1cccnc1)c1ccccc1. The lowest BCUT2D eigenvalue weighted by Gasteiger charge is -2.06. The van der Waals surface area contributed by atoms with Crippen LogP contribution in [0.5, 0.6) is 0 Å². The van der Waals surface area contributed by atoms with E-state index < -0.39 is 5.91 Å². The van der Waals surface area contributed by atoms with Crippen molar-refractivity contribution in [1.29, 1.82) is 0 Å². The summed E-state index contributed by atoms with van der Waals surface area (Å²) in [6, 6.07) is 21.9. The molecule has 4 aromatic rings. The Hall–Kier alpha value is -4.26. The number of rotatable bonds is 5. The standard InChI is InChI=1S/C23H19N5O2/c1-16-20(23(30)28(27-16)19-12-6-3-7-13-19)21(17-9-4-2-5-10-17)25-26-22(29)18-11-8-14-24-15-18/h2-15,27H,1H3,(H,26,29)/b25-21+. The van der Waals surface area contributed by atoms with Gasteiger partial charge >= 0.3 is 0 Å². The van der Waals surface area contributed by atoms with Gasteiger partial charge in [-0.25, -0.2) is 10.1 Å². The third kappa shape index (κ3) is 3.81. The van der Waals surface area contributed by atoms with E-state index in [4.69, 9.17) is 0 Å². The van der Waals surface area contributed by atoms with Gasteiger partial charge in [0.15, 0.2) is 0 Å². The summed E-state index contributed by atoms with van der Waals surface area (Å²) in [5.74, 6) is -0.409. The number of pyridine rings is 1. The van der Waals surface area contributed by atoms with Gasteiger partial charge in [0.1, 0.15) is 5.71 Å². The van der Waals surface area contributed by atoms with Gasteiger partial charge in [0.05, 0.1) is 16.8 Å². The molecule has 2 heterocycles. The van der Waals surface area contributed by atoms with Crippen molar-refractivity contribution in [3.63, 3.8) is 0 Å². The number of aryl methyl sites for hydroxylation is 1. The van der Waals surface area contributed by atoms with E-state index >= 15 is 0 Å². The number of benzene rings is 2. The molecule has 0 spiro atoms. The molecule has 0 aliphatic heterocycles. The van der Waals surface area contributed by atoms with Gasteiger partial charge in [-0.2, -0.15) is 5.10 Å². The highest BCUT2D eigenvalue weighted by molar-refractivity contribution is 6.13. The Morgan fingerprint density at radius 2 is 1.63 bits per heavy atom. The predicted molar refractivity (Wildman–Crippen MR) is 115 cm³/mol. The fourth-order valence-corrected chi connectivity index (χ4v) is 3.11. The lowest BCUT2D eigenvalue weighted by molar-refractivity contribution is 0.0954. The fourth-order valence-electron chi connectivity index (χ4n) is 3.11. The zero-order chi connectivity index (χ0) is 20.9. The van der Waals surface area contributed by atoms with Crippen LogP contribution in [0.2, 0.25) is 0 Å². The molecule has 0 atom stereocenters. The van der Waals surface area contributed by atoms with Crippen molar-refractivity contribution < 1.29 is 4.79 Å². The molecular formula is C23H19N5O2. The molecule has 7 heteroatoms. The number of hydrogen-bond acceptors (Lipinski definition) is 4. The smallest absolute Gasteiger partial charge is 0.281 e. The maximum absolute atomic E-state index is 13.2. The molecule has 148 valence electrons. The number of H-pyrrole nitrogens is 1. The van der Waals surface area contributed by atoms with Crippen LogP contribution >= 0.6 is 0 Å². The van der Waals surface area contributed by atoms with Crippen LogP contribution in [0.15, 0.2) is 95.1 Å². The second-order valence-electron chi connectivity index (χ2n) is 6.60. The average Bonchev–Trinajstić information content (AvgIpc) is 3.10. The highest BCUT2D eigenvalue weighted by Gasteiger charge is 2.20. The Bertz CT molecular complexity index is 1240. The molecule has 0 aliphatic carbocycles. The number of para-hydroxylation sites is 1. The molecule has 0 fully saturated rings. The van der Waals surface area contributed by atoms with Gasteiger partial charge in [0.2, 0.25) is 0 Å². The topological polar surface area (TPSA) is 92.1 Å². The molecule has 0 radical (unpaired) electrons. The number of amides is 1. The number of hydrogen-bond donors (Lipinski definition) is 2. The van der Waals surface area contributed by atoms with Gasteiger partial charge < -0.3 is 0 Å². The highest BCUT2D eigenvalue weighted by Crippen LogP contribution is 2.13. The summed E-state index contributed by atoms with van der Waals surface area (Å²) >= 11 is 0. The molecule has 7 nitrogen and oxygen atoms in total. The van der Waals surface area contributed by atoms with Crippen LogP contribution in [0.4, 0.5) is 0 Å². The number of aromatic amines is 1. The molecular weight excluding hydrogens is 378 g/mol. The number of hydrazone groups is 1. The summed E-state index contributed by atoms with van der Waals surface area (Å²) < 4.78 is 1.46. The zero-order valence-corrected chi connectivity index (χ0v) is 16.2. The van der Waals surface area contributed by atoms with Crippen molar-refractivity contribution in [1.82, 2.24) is 20.2 Å². The van der Waals surface area contributed by atoms with Crippen LogP contribution in [0, 0.1) is 6.92 Å². The Kier molecular flexibility index (Phi) is 5.34. The molecule has 1 amide bonds. The predicted octanol–water partition coefficient (Wildman–Crippen LogP) is 3.05. The first kappa shape index (κ1) is 19.1. The molecule has 0 saturated heterocycles. The normalized spacial score (nSPS) is 11.3. The van der Waals surface area contributed by atoms with Crippen molar-refractivity contribution in [2.45, 2.75) is 6.92 Å². The largest absolute Gasteiger partial charge is 0.295 e. The molecule has 4 rings (SSSR count). The molecule has 0 unspecified atom stereocenters. The quantitative estimate of drug-likeness (QED) is 0.400. The van der Waals surface area contributed by atoms with Gasteiger partial charge in [-0.3, -0.25) is 19.7 Å².